The third kappa shape index (κ3) is 4.76. The van der Waals surface area contributed by atoms with Crippen LogP contribution in [0.3, 0.4) is 0 Å². The van der Waals surface area contributed by atoms with Gasteiger partial charge in [-0.05, 0) is 35.9 Å². The van der Waals surface area contributed by atoms with Gasteiger partial charge in [-0.2, -0.15) is 0 Å². The number of benzene rings is 3. The van der Waals surface area contributed by atoms with Crippen LogP contribution in [0.25, 0.3) is 21.7 Å². The average molecular weight is 467 g/mol. The Kier molecular flexibility index (Phi) is 6.16. The first-order valence-electron chi connectivity index (χ1n) is 9.71. The van der Waals surface area contributed by atoms with Crippen LogP contribution in [-0.2, 0) is 16.4 Å². The Bertz CT molecular complexity index is 1370. The second kappa shape index (κ2) is 9.02. The quantitative estimate of drug-likeness (QED) is 0.436. The standard InChI is InChI=1S/C24H19FN2O3S2/c1-32(29,30)20-10-6-5-9-19(20)22-21(17-11-13-18(25)14-12-17)27-24(31-22)23(28)26-15-16-7-3-2-4-8-16/h2-14H,15H2,1H3,(H,26,28). The Morgan fingerprint density at radius 2 is 1.62 bits per heavy atom. The molecule has 0 aliphatic heterocycles. The van der Waals surface area contributed by atoms with Crippen molar-refractivity contribution in [2.24, 2.45) is 0 Å². The molecule has 5 nitrogen and oxygen atoms in total. The van der Waals surface area contributed by atoms with Gasteiger partial charge in [-0.1, -0.05) is 48.5 Å². The van der Waals surface area contributed by atoms with Crippen LogP contribution in [0.4, 0.5) is 4.39 Å². The first-order chi connectivity index (χ1) is 15.3. The number of halogens is 1. The third-order valence-electron chi connectivity index (χ3n) is 4.77. The summed E-state index contributed by atoms with van der Waals surface area (Å²) in [5, 5.41) is 3.04. The van der Waals surface area contributed by atoms with Gasteiger partial charge in [0.15, 0.2) is 14.8 Å². The minimum Gasteiger partial charge on any atom is -0.346 e. The second-order valence-corrected chi connectivity index (χ2v) is 10.1. The van der Waals surface area contributed by atoms with Gasteiger partial charge >= 0.3 is 0 Å². The molecule has 0 atom stereocenters. The number of rotatable bonds is 6. The van der Waals surface area contributed by atoms with E-state index >= 15 is 0 Å². The lowest BCUT2D eigenvalue weighted by Crippen LogP contribution is -2.22. The van der Waals surface area contributed by atoms with Gasteiger partial charge in [0, 0.05) is 23.9 Å². The highest BCUT2D eigenvalue weighted by molar-refractivity contribution is 7.90. The molecule has 1 N–H and O–H groups in total. The summed E-state index contributed by atoms with van der Waals surface area (Å²) in [6.45, 7) is 0.334. The average Bonchev–Trinajstić information content (AvgIpc) is 3.23. The molecule has 1 heterocycles. The molecule has 0 aliphatic rings. The molecular formula is C24H19FN2O3S2. The highest BCUT2D eigenvalue weighted by Gasteiger charge is 2.23. The number of nitrogens with zero attached hydrogens (tertiary/aromatic N) is 1. The van der Waals surface area contributed by atoms with Crippen LogP contribution in [0.15, 0.2) is 83.8 Å². The summed E-state index contributed by atoms with van der Waals surface area (Å²) in [5.74, 6) is -0.770. The lowest BCUT2D eigenvalue weighted by Gasteiger charge is -2.08. The SMILES string of the molecule is CS(=O)(=O)c1ccccc1-c1sc(C(=O)NCc2ccccc2)nc1-c1ccc(F)cc1. The zero-order valence-corrected chi connectivity index (χ0v) is 18.7. The zero-order chi connectivity index (χ0) is 22.7. The zero-order valence-electron chi connectivity index (χ0n) is 17.1. The van der Waals surface area contributed by atoms with Gasteiger partial charge in [0.25, 0.3) is 5.91 Å². The molecule has 4 rings (SSSR count). The molecule has 3 aromatic carbocycles. The van der Waals surface area contributed by atoms with Crippen molar-refractivity contribution in [3.63, 3.8) is 0 Å². The molecule has 1 amide bonds. The minimum absolute atomic E-state index is 0.142. The van der Waals surface area contributed by atoms with E-state index in [4.69, 9.17) is 0 Å². The van der Waals surface area contributed by atoms with E-state index in [1.54, 1.807) is 30.3 Å². The van der Waals surface area contributed by atoms with E-state index in [-0.39, 0.29) is 15.8 Å². The van der Waals surface area contributed by atoms with Crippen LogP contribution < -0.4 is 5.32 Å². The molecule has 0 fully saturated rings. The normalized spacial score (nSPS) is 11.3. The number of hydrogen-bond acceptors (Lipinski definition) is 5. The van der Waals surface area contributed by atoms with Crippen molar-refractivity contribution in [1.29, 1.82) is 0 Å². The summed E-state index contributed by atoms with van der Waals surface area (Å²) >= 11 is 1.10. The maximum absolute atomic E-state index is 13.5. The predicted octanol–water partition coefficient (Wildman–Crippen LogP) is 4.95. The third-order valence-corrected chi connectivity index (χ3v) is 7.01. The van der Waals surface area contributed by atoms with E-state index in [0.29, 0.717) is 28.2 Å². The largest absolute Gasteiger partial charge is 0.346 e. The molecule has 1 aromatic heterocycles. The summed E-state index contributed by atoms with van der Waals surface area (Å²) in [6, 6.07) is 21.8. The van der Waals surface area contributed by atoms with Crippen LogP contribution in [0, 0.1) is 5.82 Å². The van der Waals surface area contributed by atoms with E-state index in [0.717, 1.165) is 23.2 Å². The van der Waals surface area contributed by atoms with Crippen molar-refractivity contribution in [3.8, 4) is 21.7 Å². The van der Waals surface area contributed by atoms with Crippen LogP contribution in [0.5, 0.6) is 0 Å². The number of sulfone groups is 1. The molecule has 8 heteroatoms. The van der Waals surface area contributed by atoms with Crippen molar-refractivity contribution in [2.75, 3.05) is 6.26 Å². The summed E-state index contributed by atoms with van der Waals surface area (Å²) in [6.07, 6.45) is 1.14. The molecule has 0 unspecified atom stereocenters. The first-order valence-corrected chi connectivity index (χ1v) is 12.4. The number of carbonyl (C=O) groups is 1. The fourth-order valence-electron chi connectivity index (χ4n) is 3.23. The van der Waals surface area contributed by atoms with Crippen LogP contribution >= 0.6 is 11.3 Å². The molecule has 0 spiro atoms. The Morgan fingerprint density at radius 3 is 2.31 bits per heavy atom. The van der Waals surface area contributed by atoms with Crippen LogP contribution in [0.1, 0.15) is 15.4 Å². The second-order valence-electron chi connectivity index (χ2n) is 7.14. The highest BCUT2D eigenvalue weighted by atomic mass is 32.2. The molecule has 0 radical (unpaired) electrons. The smallest absolute Gasteiger partial charge is 0.280 e. The highest BCUT2D eigenvalue weighted by Crippen LogP contribution is 2.39. The van der Waals surface area contributed by atoms with E-state index in [1.807, 2.05) is 30.3 Å². The number of nitrogens with one attached hydrogen (secondary N) is 1. The van der Waals surface area contributed by atoms with Gasteiger partial charge in [0.2, 0.25) is 0 Å². The van der Waals surface area contributed by atoms with Gasteiger partial charge in [0.05, 0.1) is 15.5 Å². The van der Waals surface area contributed by atoms with E-state index in [1.165, 1.54) is 18.2 Å². The summed E-state index contributed by atoms with van der Waals surface area (Å²) in [4.78, 5) is 18.0. The first kappa shape index (κ1) is 21.9. The minimum atomic E-state index is -3.53. The molecular weight excluding hydrogens is 447 g/mol. The van der Waals surface area contributed by atoms with Gasteiger partial charge < -0.3 is 5.32 Å². The molecule has 0 saturated carbocycles. The van der Waals surface area contributed by atoms with Crippen molar-refractivity contribution in [3.05, 3.63) is 95.3 Å². The summed E-state index contributed by atoms with van der Waals surface area (Å²) in [7, 11) is -3.53. The number of carbonyl (C=O) groups excluding carboxylic acids is 1. The fraction of sp³-hybridized carbons (Fsp3) is 0.0833. The molecule has 32 heavy (non-hydrogen) atoms. The van der Waals surface area contributed by atoms with Gasteiger partial charge in [0.1, 0.15) is 5.82 Å². The maximum Gasteiger partial charge on any atom is 0.280 e. The Morgan fingerprint density at radius 1 is 0.969 bits per heavy atom. The van der Waals surface area contributed by atoms with Gasteiger partial charge in [-0.3, -0.25) is 4.79 Å². The lowest BCUT2D eigenvalue weighted by atomic mass is 10.1. The van der Waals surface area contributed by atoms with Crippen molar-refractivity contribution < 1.29 is 17.6 Å². The molecule has 0 bridgehead atoms. The Balaban J connectivity index is 1.78. The van der Waals surface area contributed by atoms with Crippen molar-refractivity contribution in [1.82, 2.24) is 10.3 Å². The van der Waals surface area contributed by atoms with Crippen molar-refractivity contribution in [2.45, 2.75) is 11.4 Å². The fourth-order valence-corrected chi connectivity index (χ4v) is 5.24. The molecule has 0 saturated heterocycles. The number of hydrogen-bond donors (Lipinski definition) is 1. The van der Waals surface area contributed by atoms with E-state index < -0.39 is 15.7 Å². The predicted molar refractivity (Wildman–Crippen MR) is 124 cm³/mol. The van der Waals surface area contributed by atoms with Crippen molar-refractivity contribution >= 4 is 27.1 Å². The Labute approximate surface area is 189 Å². The van der Waals surface area contributed by atoms with E-state index in [2.05, 4.69) is 10.3 Å². The summed E-state index contributed by atoms with van der Waals surface area (Å²) < 4.78 is 38.2. The maximum atomic E-state index is 13.5. The number of amides is 1. The Hall–Kier alpha value is -3.36. The molecule has 0 aliphatic carbocycles. The van der Waals surface area contributed by atoms with Gasteiger partial charge in [-0.15, -0.1) is 11.3 Å². The van der Waals surface area contributed by atoms with Gasteiger partial charge in [-0.25, -0.2) is 17.8 Å². The molecule has 4 aromatic rings. The van der Waals surface area contributed by atoms with E-state index in [9.17, 15) is 17.6 Å². The van der Waals surface area contributed by atoms with Crippen LogP contribution in [-0.4, -0.2) is 25.6 Å². The lowest BCUT2D eigenvalue weighted by molar-refractivity contribution is 0.0950. The summed E-state index contributed by atoms with van der Waals surface area (Å²) in [5.41, 5.74) is 2.41. The number of aromatic nitrogens is 1. The molecule has 162 valence electrons. The van der Waals surface area contributed by atoms with Crippen LogP contribution in [0.2, 0.25) is 0 Å². The monoisotopic (exact) mass is 466 g/mol. The topological polar surface area (TPSA) is 76.1 Å². The number of thiazole rings is 1.